The molecule has 0 aliphatic heterocycles. The topological polar surface area (TPSA) is 49.2 Å². The molecule has 4 nitrogen and oxygen atoms in total. The first kappa shape index (κ1) is 11.9. The average Bonchev–Trinajstić information content (AvgIpc) is 2.18. The minimum absolute atomic E-state index is 0.131. The zero-order valence-electron chi connectivity index (χ0n) is 9.64. The van der Waals surface area contributed by atoms with E-state index in [4.69, 9.17) is 5.11 Å². The van der Waals surface area contributed by atoms with E-state index in [0.29, 0.717) is 12.5 Å². The Bertz CT molecular complexity index is 284. The molecule has 84 valence electrons. The summed E-state index contributed by atoms with van der Waals surface area (Å²) in [6.07, 6.45) is 0.955. The highest BCUT2D eigenvalue weighted by atomic mass is 16.3. The highest BCUT2D eigenvalue weighted by Gasteiger charge is 2.04. The first-order valence-electron chi connectivity index (χ1n) is 5.28. The molecule has 1 rings (SSSR count). The summed E-state index contributed by atoms with van der Waals surface area (Å²) in [4.78, 5) is 1.88. The lowest BCUT2D eigenvalue weighted by molar-refractivity contribution is 0.303. The molecule has 0 aliphatic carbocycles. The van der Waals surface area contributed by atoms with Gasteiger partial charge in [0.05, 0.1) is 12.3 Å². The molecule has 0 fully saturated rings. The Labute approximate surface area is 90.9 Å². The summed E-state index contributed by atoms with van der Waals surface area (Å²) in [5.41, 5.74) is 1.02. The molecule has 0 unspecified atom stereocenters. The average molecular weight is 209 g/mol. The van der Waals surface area contributed by atoms with Crippen molar-refractivity contribution >= 4 is 5.82 Å². The first-order valence-corrected chi connectivity index (χ1v) is 5.28. The number of hydrogen-bond donors (Lipinski definition) is 1. The number of aliphatic hydroxyl groups is 1. The fourth-order valence-electron chi connectivity index (χ4n) is 1.35. The zero-order valence-corrected chi connectivity index (χ0v) is 9.64. The normalized spacial score (nSPS) is 10.7. The molecule has 1 heterocycles. The molecular formula is C11H19N3O. The Morgan fingerprint density at radius 2 is 2.07 bits per heavy atom. The van der Waals surface area contributed by atoms with Crippen LogP contribution in [0.5, 0.6) is 0 Å². The summed E-state index contributed by atoms with van der Waals surface area (Å²) in [6.45, 7) is 5.03. The standard InChI is InChI=1S/C11H19N3O/c1-9(2)8-10-4-5-11(13-12-10)14(3)6-7-15/h4-5,9,15H,6-8H2,1-3H3. The van der Waals surface area contributed by atoms with Crippen molar-refractivity contribution in [1.82, 2.24) is 10.2 Å². The van der Waals surface area contributed by atoms with Crippen LogP contribution in [0.3, 0.4) is 0 Å². The summed E-state index contributed by atoms with van der Waals surface area (Å²) in [5, 5.41) is 17.0. The van der Waals surface area contributed by atoms with Gasteiger partial charge in [-0.25, -0.2) is 0 Å². The maximum Gasteiger partial charge on any atom is 0.151 e. The zero-order chi connectivity index (χ0) is 11.3. The molecule has 1 aromatic rings. The highest BCUT2D eigenvalue weighted by Crippen LogP contribution is 2.09. The molecule has 1 aromatic heterocycles. The predicted octanol–water partition coefficient (Wildman–Crippen LogP) is 1.10. The van der Waals surface area contributed by atoms with E-state index in [-0.39, 0.29) is 6.61 Å². The second-order valence-electron chi connectivity index (χ2n) is 4.13. The fourth-order valence-corrected chi connectivity index (χ4v) is 1.35. The van der Waals surface area contributed by atoms with E-state index in [0.717, 1.165) is 17.9 Å². The molecule has 0 amide bonds. The lowest BCUT2D eigenvalue weighted by Gasteiger charge is -2.15. The van der Waals surface area contributed by atoms with Crippen molar-refractivity contribution < 1.29 is 5.11 Å². The van der Waals surface area contributed by atoms with Crippen molar-refractivity contribution in [2.75, 3.05) is 25.1 Å². The van der Waals surface area contributed by atoms with E-state index in [1.54, 1.807) is 0 Å². The number of aromatic nitrogens is 2. The van der Waals surface area contributed by atoms with E-state index in [9.17, 15) is 0 Å². The van der Waals surface area contributed by atoms with Crippen molar-refractivity contribution in [3.63, 3.8) is 0 Å². The van der Waals surface area contributed by atoms with Crippen LogP contribution in [0, 0.1) is 5.92 Å². The number of rotatable bonds is 5. The lowest BCUT2D eigenvalue weighted by Crippen LogP contribution is -2.22. The smallest absolute Gasteiger partial charge is 0.151 e. The number of aliphatic hydroxyl groups excluding tert-OH is 1. The molecule has 0 radical (unpaired) electrons. The molecule has 0 saturated carbocycles. The third-order valence-electron chi connectivity index (χ3n) is 2.15. The summed E-state index contributed by atoms with van der Waals surface area (Å²) in [7, 11) is 1.89. The third kappa shape index (κ3) is 3.83. The van der Waals surface area contributed by atoms with Gasteiger partial charge in [-0.2, -0.15) is 5.10 Å². The fraction of sp³-hybridized carbons (Fsp3) is 0.636. The Morgan fingerprint density at radius 1 is 1.33 bits per heavy atom. The van der Waals surface area contributed by atoms with E-state index < -0.39 is 0 Å². The minimum Gasteiger partial charge on any atom is -0.395 e. The van der Waals surface area contributed by atoms with Crippen LogP contribution in [0.2, 0.25) is 0 Å². The van der Waals surface area contributed by atoms with Crippen LogP contribution in [0.4, 0.5) is 5.82 Å². The third-order valence-corrected chi connectivity index (χ3v) is 2.15. The molecule has 4 heteroatoms. The van der Waals surface area contributed by atoms with Crippen LogP contribution in [-0.4, -0.2) is 35.5 Å². The Kier molecular flexibility index (Phi) is 4.49. The molecule has 1 N–H and O–H groups in total. The van der Waals surface area contributed by atoms with Gasteiger partial charge in [-0.3, -0.25) is 0 Å². The number of likely N-dealkylation sites (N-methyl/N-ethyl adjacent to an activating group) is 1. The van der Waals surface area contributed by atoms with E-state index >= 15 is 0 Å². The first-order chi connectivity index (χ1) is 7.13. The van der Waals surface area contributed by atoms with Gasteiger partial charge in [-0.15, -0.1) is 5.10 Å². The molecule has 15 heavy (non-hydrogen) atoms. The van der Waals surface area contributed by atoms with Gasteiger partial charge in [0.2, 0.25) is 0 Å². The van der Waals surface area contributed by atoms with E-state index in [1.165, 1.54) is 0 Å². The van der Waals surface area contributed by atoms with Crippen molar-refractivity contribution in [2.45, 2.75) is 20.3 Å². The molecular weight excluding hydrogens is 190 g/mol. The van der Waals surface area contributed by atoms with Gasteiger partial charge in [-0.05, 0) is 24.5 Å². The summed E-state index contributed by atoms with van der Waals surface area (Å²) in [5.74, 6) is 1.40. The van der Waals surface area contributed by atoms with Crippen LogP contribution in [0.1, 0.15) is 19.5 Å². The molecule has 0 aromatic carbocycles. The van der Waals surface area contributed by atoms with Gasteiger partial charge in [0.15, 0.2) is 5.82 Å². The van der Waals surface area contributed by atoms with Crippen molar-refractivity contribution in [3.05, 3.63) is 17.8 Å². The second-order valence-corrected chi connectivity index (χ2v) is 4.13. The van der Waals surface area contributed by atoms with E-state index in [1.807, 2.05) is 24.1 Å². The van der Waals surface area contributed by atoms with Crippen LogP contribution in [0.25, 0.3) is 0 Å². The van der Waals surface area contributed by atoms with Gasteiger partial charge < -0.3 is 10.0 Å². The Hall–Kier alpha value is -1.16. The summed E-state index contributed by atoms with van der Waals surface area (Å²) in [6, 6.07) is 3.94. The van der Waals surface area contributed by atoms with Crippen LogP contribution >= 0.6 is 0 Å². The molecule has 0 aliphatic rings. The quantitative estimate of drug-likeness (QED) is 0.789. The predicted molar refractivity (Wildman–Crippen MR) is 60.9 cm³/mol. The maximum absolute atomic E-state index is 8.78. The monoisotopic (exact) mass is 209 g/mol. The largest absolute Gasteiger partial charge is 0.395 e. The summed E-state index contributed by atoms with van der Waals surface area (Å²) < 4.78 is 0. The Balaban J connectivity index is 2.63. The van der Waals surface area contributed by atoms with Crippen LogP contribution in [-0.2, 0) is 6.42 Å². The number of nitrogens with zero attached hydrogens (tertiary/aromatic N) is 3. The van der Waals surface area contributed by atoms with Crippen molar-refractivity contribution in [2.24, 2.45) is 5.92 Å². The number of anilines is 1. The lowest BCUT2D eigenvalue weighted by atomic mass is 10.1. The molecule has 0 atom stereocenters. The van der Waals surface area contributed by atoms with E-state index in [2.05, 4.69) is 24.0 Å². The second kappa shape index (κ2) is 5.66. The van der Waals surface area contributed by atoms with Crippen LogP contribution < -0.4 is 4.90 Å². The Morgan fingerprint density at radius 3 is 2.53 bits per heavy atom. The van der Waals surface area contributed by atoms with Gasteiger partial charge >= 0.3 is 0 Å². The van der Waals surface area contributed by atoms with Crippen molar-refractivity contribution in [3.8, 4) is 0 Å². The molecule has 0 bridgehead atoms. The van der Waals surface area contributed by atoms with Gasteiger partial charge in [0.25, 0.3) is 0 Å². The molecule has 0 saturated heterocycles. The van der Waals surface area contributed by atoms with Crippen molar-refractivity contribution in [1.29, 1.82) is 0 Å². The van der Waals surface area contributed by atoms with Gasteiger partial charge in [-0.1, -0.05) is 13.8 Å². The minimum atomic E-state index is 0.131. The van der Waals surface area contributed by atoms with Crippen LogP contribution in [0.15, 0.2) is 12.1 Å². The number of hydrogen-bond acceptors (Lipinski definition) is 4. The summed E-state index contributed by atoms with van der Waals surface area (Å²) >= 11 is 0. The van der Waals surface area contributed by atoms with Gasteiger partial charge in [0, 0.05) is 13.6 Å². The molecule has 0 spiro atoms. The maximum atomic E-state index is 8.78. The SMILES string of the molecule is CC(C)Cc1ccc(N(C)CCO)nn1. The highest BCUT2D eigenvalue weighted by molar-refractivity contribution is 5.35. The van der Waals surface area contributed by atoms with Gasteiger partial charge in [0.1, 0.15) is 0 Å².